The van der Waals surface area contributed by atoms with Crippen molar-refractivity contribution >= 4 is 21.5 Å². The number of ketones is 1. The Labute approximate surface area is 152 Å². The minimum absolute atomic E-state index is 0.0778. The van der Waals surface area contributed by atoms with E-state index in [9.17, 15) is 13.2 Å². The van der Waals surface area contributed by atoms with Gasteiger partial charge in [-0.25, -0.2) is 8.42 Å². The summed E-state index contributed by atoms with van der Waals surface area (Å²) in [4.78, 5) is 11.6. The molecule has 0 radical (unpaired) electrons. The highest BCUT2D eigenvalue weighted by Crippen LogP contribution is 2.37. The zero-order chi connectivity index (χ0) is 18.3. The van der Waals surface area contributed by atoms with E-state index in [0.29, 0.717) is 11.3 Å². The van der Waals surface area contributed by atoms with Gasteiger partial charge in [0.2, 0.25) is 0 Å². The first-order valence-corrected chi connectivity index (χ1v) is 9.77. The molecule has 4 rings (SSSR count). The van der Waals surface area contributed by atoms with Crippen LogP contribution in [0.3, 0.4) is 0 Å². The van der Waals surface area contributed by atoms with Crippen molar-refractivity contribution in [2.24, 2.45) is 0 Å². The summed E-state index contributed by atoms with van der Waals surface area (Å²) in [5.41, 5.74) is 5.58. The van der Waals surface area contributed by atoms with Crippen molar-refractivity contribution in [3.8, 4) is 11.1 Å². The molecule has 26 heavy (non-hydrogen) atoms. The molecule has 0 fully saturated rings. The number of carbonyl (C=O) groups is 1. The molecule has 5 heteroatoms. The van der Waals surface area contributed by atoms with Crippen LogP contribution in [0.25, 0.3) is 11.1 Å². The second-order valence-corrected chi connectivity index (χ2v) is 8.08. The first kappa shape index (κ1) is 16.5. The lowest BCUT2D eigenvalue weighted by Gasteiger charge is -2.10. The number of sulfonamides is 1. The molecule has 1 N–H and O–H groups in total. The van der Waals surface area contributed by atoms with Crippen LogP contribution < -0.4 is 4.72 Å². The second kappa shape index (κ2) is 6.11. The summed E-state index contributed by atoms with van der Waals surface area (Å²) in [7, 11) is -3.76. The lowest BCUT2D eigenvalue weighted by atomic mass is 10.1. The van der Waals surface area contributed by atoms with Gasteiger partial charge in [-0.2, -0.15) is 0 Å². The molecule has 0 aromatic heterocycles. The van der Waals surface area contributed by atoms with E-state index >= 15 is 0 Å². The Balaban J connectivity index is 1.65. The van der Waals surface area contributed by atoms with Crippen molar-refractivity contribution in [1.82, 2.24) is 0 Å². The maximum atomic E-state index is 12.7. The average molecular weight is 363 g/mol. The number of carbonyl (C=O) groups excluding carboxylic acids is 1. The van der Waals surface area contributed by atoms with Crippen LogP contribution >= 0.6 is 0 Å². The molecule has 3 aromatic carbocycles. The van der Waals surface area contributed by atoms with Gasteiger partial charge in [0.15, 0.2) is 5.78 Å². The molecule has 130 valence electrons. The Bertz CT molecular complexity index is 1130. The fraction of sp³-hybridized carbons (Fsp3) is 0.0952. The average Bonchev–Trinajstić information content (AvgIpc) is 2.99. The molecule has 0 amide bonds. The van der Waals surface area contributed by atoms with Crippen molar-refractivity contribution < 1.29 is 13.2 Å². The molecule has 1 aliphatic carbocycles. The highest BCUT2D eigenvalue weighted by Gasteiger charge is 2.20. The standard InChI is InChI=1S/C21H17NO3S/c1-14(23)15-6-4-7-19(13-15)26(24,25)22-18-9-10-21-17(12-18)11-16-5-2-3-8-20(16)21/h2-10,12-13,22H,11H2,1H3. The van der Waals surface area contributed by atoms with E-state index in [1.807, 2.05) is 24.3 Å². The van der Waals surface area contributed by atoms with E-state index in [2.05, 4.69) is 16.9 Å². The number of hydrogen-bond acceptors (Lipinski definition) is 3. The first-order chi connectivity index (χ1) is 12.4. The number of hydrogen-bond donors (Lipinski definition) is 1. The van der Waals surface area contributed by atoms with Crippen LogP contribution in [0.15, 0.2) is 71.6 Å². The van der Waals surface area contributed by atoms with Gasteiger partial charge in [-0.3, -0.25) is 9.52 Å². The topological polar surface area (TPSA) is 63.2 Å². The molecular weight excluding hydrogens is 346 g/mol. The number of rotatable bonds is 4. The zero-order valence-electron chi connectivity index (χ0n) is 14.2. The maximum absolute atomic E-state index is 12.7. The highest BCUT2D eigenvalue weighted by molar-refractivity contribution is 7.92. The van der Waals surface area contributed by atoms with Gasteiger partial charge >= 0.3 is 0 Å². The van der Waals surface area contributed by atoms with E-state index in [1.54, 1.807) is 18.2 Å². The third-order valence-corrected chi connectivity index (χ3v) is 5.98. The van der Waals surface area contributed by atoms with Crippen molar-refractivity contribution in [3.63, 3.8) is 0 Å². The van der Waals surface area contributed by atoms with Crippen LogP contribution in [0.1, 0.15) is 28.4 Å². The highest BCUT2D eigenvalue weighted by atomic mass is 32.2. The summed E-state index contributed by atoms with van der Waals surface area (Å²) in [6.07, 6.45) is 0.793. The Morgan fingerprint density at radius 2 is 1.65 bits per heavy atom. The van der Waals surface area contributed by atoms with Gasteiger partial charge in [-0.1, -0.05) is 42.5 Å². The smallest absolute Gasteiger partial charge is 0.261 e. The number of fused-ring (bicyclic) bond motifs is 3. The van der Waals surface area contributed by atoms with E-state index < -0.39 is 10.0 Å². The lowest BCUT2D eigenvalue weighted by molar-refractivity contribution is 0.101. The van der Waals surface area contributed by atoms with Gasteiger partial charge < -0.3 is 0 Å². The van der Waals surface area contributed by atoms with Crippen molar-refractivity contribution in [1.29, 1.82) is 0 Å². The van der Waals surface area contributed by atoms with Gasteiger partial charge in [0.05, 0.1) is 4.90 Å². The number of benzene rings is 3. The fourth-order valence-electron chi connectivity index (χ4n) is 3.30. The van der Waals surface area contributed by atoms with Crippen molar-refractivity contribution in [2.75, 3.05) is 4.72 Å². The summed E-state index contributed by atoms with van der Waals surface area (Å²) in [5, 5.41) is 0. The molecule has 0 heterocycles. The van der Waals surface area contributed by atoms with Crippen LogP contribution in [0.5, 0.6) is 0 Å². The van der Waals surface area contributed by atoms with E-state index in [4.69, 9.17) is 0 Å². The van der Waals surface area contributed by atoms with Gasteiger partial charge in [0.1, 0.15) is 0 Å². The number of anilines is 1. The minimum atomic E-state index is -3.76. The monoisotopic (exact) mass is 363 g/mol. The minimum Gasteiger partial charge on any atom is -0.295 e. The molecule has 0 spiro atoms. The van der Waals surface area contributed by atoms with E-state index in [0.717, 1.165) is 17.5 Å². The summed E-state index contributed by atoms with van der Waals surface area (Å²) in [6, 6.07) is 19.8. The molecule has 0 saturated heterocycles. The molecule has 0 bridgehead atoms. The normalized spacial score (nSPS) is 12.3. The van der Waals surface area contributed by atoms with Crippen LogP contribution in [-0.4, -0.2) is 14.2 Å². The van der Waals surface area contributed by atoms with Crippen LogP contribution in [0.4, 0.5) is 5.69 Å². The Kier molecular flexibility index (Phi) is 3.89. The largest absolute Gasteiger partial charge is 0.295 e. The predicted molar refractivity (Wildman–Crippen MR) is 102 cm³/mol. The van der Waals surface area contributed by atoms with Gasteiger partial charge in [0.25, 0.3) is 10.0 Å². The number of nitrogens with one attached hydrogen (secondary N) is 1. The van der Waals surface area contributed by atoms with Gasteiger partial charge in [0, 0.05) is 11.3 Å². The van der Waals surface area contributed by atoms with Crippen LogP contribution in [-0.2, 0) is 16.4 Å². The molecule has 0 aliphatic heterocycles. The van der Waals surface area contributed by atoms with Gasteiger partial charge in [-0.15, -0.1) is 0 Å². The molecule has 0 atom stereocenters. The Morgan fingerprint density at radius 1 is 0.885 bits per heavy atom. The first-order valence-electron chi connectivity index (χ1n) is 8.29. The molecule has 0 saturated carbocycles. The number of Topliss-reactive ketones (excluding diaryl/α,β-unsaturated/α-hetero) is 1. The van der Waals surface area contributed by atoms with Crippen LogP contribution in [0.2, 0.25) is 0 Å². The molecule has 0 unspecified atom stereocenters. The predicted octanol–water partition coefficient (Wildman–Crippen LogP) is 4.26. The summed E-state index contributed by atoms with van der Waals surface area (Å²) in [6.45, 7) is 1.41. The van der Waals surface area contributed by atoms with Crippen LogP contribution in [0, 0.1) is 0 Å². The molecule has 4 nitrogen and oxygen atoms in total. The van der Waals surface area contributed by atoms with Crippen molar-refractivity contribution in [2.45, 2.75) is 18.2 Å². The summed E-state index contributed by atoms with van der Waals surface area (Å²) in [5.74, 6) is -0.169. The van der Waals surface area contributed by atoms with E-state index in [-0.39, 0.29) is 10.7 Å². The van der Waals surface area contributed by atoms with E-state index in [1.165, 1.54) is 30.2 Å². The molecular formula is C21H17NO3S. The SMILES string of the molecule is CC(=O)c1cccc(S(=O)(=O)Nc2ccc3c(c2)Cc2ccccc2-3)c1. The summed E-state index contributed by atoms with van der Waals surface area (Å²) >= 11 is 0. The van der Waals surface area contributed by atoms with Gasteiger partial charge in [-0.05, 0) is 59.9 Å². The third-order valence-electron chi connectivity index (χ3n) is 4.60. The second-order valence-electron chi connectivity index (χ2n) is 6.40. The lowest BCUT2D eigenvalue weighted by Crippen LogP contribution is -2.13. The maximum Gasteiger partial charge on any atom is 0.261 e. The molecule has 3 aromatic rings. The summed E-state index contributed by atoms with van der Waals surface area (Å²) < 4.78 is 28.0. The van der Waals surface area contributed by atoms with Crippen molar-refractivity contribution in [3.05, 3.63) is 83.4 Å². The zero-order valence-corrected chi connectivity index (χ0v) is 15.0. The Morgan fingerprint density at radius 3 is 2.46 bits per heavy atom. The third kappa shape index (κ3) is 2.91. The fourth-order valence-corrected chi connectivity index (χ4v) is 4.40. The quantitative estimate of drug-likeness (QED) is 0.551. The molecule has 1 aliphatic rings. The Hall–Kier alpha value is -2.92.